The summed E-state index contributed by atoms with van der Waals surface area (Å²) < 4.78 is 0. The molecule has 0 aromatic heterocycles. The van der Waals surface area contributed by atoms with Gasteiger partial charge in [0.1, 0.15) is 11.5 Å². The molecule has 0 aliphatic carbocycles. The molecule has 0 radical (unpaired) electrons. The number of carbonyl (C=O) groups is 1. The maximum atomic E-state index is 11.9. The van der Waals surface area contributed by atoms with Crippen LogP contribution >= 0.6 is 15.9 Å². The molecule has 94 valence electrons. The third kappa shape index (κ3) is 3.63. The van der Waals surface area contributed by atoms with Crippen molar-refractivity contribution < 1.29 is 15.0 Å². The van der Waals surface area contributed by atoms with Gasteiger partial charge in [0.25, 0.3) is 5.91 Å². The van der Waals surface area contributed by atoms with Gasteiger partial charge in [-0.05, 0) is 26.0 Å². The van der Waals surface area contributed by atoms with Crippen molar-refractivity contribution in [1.29, 1.82) is 0 Å². The normalized spacial score (nSPS) is 13.2. The maximum absolute atomic E-state index is 11.9. The van der Waals surface area contributed by atoms with Crippen molar-refractivity contribution >= 4 is 21.8 Å². The van der Waals surface area contributed by atoms with Gasteiger partial charge in [-0.15, -0.1) is 0 Å². The van der Waals surface area contributed by atoms with Crippen LogP contribution in [0.5, 0.6) is 11.5 Å². The van der Waals surface area contributed by atoms with Crippen molar-refractivity contribution in [2.24, 2.45) is 0 Å². The Labute approximate surface area is 109 Å². The van der Waals surface area contributed by atoms with Gasteiger partial charge in [0.2, 0.25) is 0 Å². The average molecular weight is 302 g/mol. The SMILES string of the molecule is CC(Br)C(C)(C)NC(=O)c1cc(O)cc(O)c1. The number of aromatic hydroxyl groups is 2. The Morgan fingerprint density at radius 3 is 2.18 bits per heavy atom. The van der Waals surface area contributed by atoms with Crippen LogP contribution in [0.1, 0.15) is 31.1 Å². The molecule has 5 heteroatoms. The molecule has 0 fully saturated rings. The van der Waals surface area contributed by atoms with E-state index < -0.39 is 5.54 Å². The molecule has 0 saturated carbocycles. The van der Waals surface area contributed by atoms with E-state index >= 15 is 0 Å². The van der Waals surface area contributed by atoms with Gasteiger partial charge in [-0.3, -0.25) is 4.79 Å². The van der Waals surface area contributed by atoms with Crippen LogP contribution in [0.2, 0.25) is 0 Å². The minimum Gasteiger partial charge on any atom is -0.508 e. The molecular formula is C12H16BrNO3. The Kier molecular flexibility index (Phi) is 4.03. The molecule has 3 N–H and O–H groups in total. The first-order valence-electron chi connectivity index (χ1n) is 5.22. The Balaban J connectivity index is 2.91. The lowest BCUT2D eigenvalue weighted by Gasteiger charge is -2.29. The van der Waals surface area contributed by atoms with Crippen LogP contribution < -0.4 is 5.32 Å². The maximum Gasteiger partial charge on any atom is 0.252 e. The summed E-state index contributed by atoms with van der Waals surface area (Å²) >= 11 is 3.41. The van der Waals surface area contributed by atoms with E-state index in [0.29, 0.717) is 0 Å². The molecule has 0 aliphatic heterocycles. The van der Waals surface area contributed by atoms with E-state index in [1.165, 1.54) is 18.2 Å². The largest absolute Gasteiger partial charge is 0.508 e. The van der Waals surface area contributed by atoms with E-state index in [9.17, 15) is 15.0 Å². The summed E-state index contributed by atoms with van der Waals surface area (Å²) in [7, 11) is 0. The summed E-state index contributed by atoms with van der Waals surface area (Å²) in [6.45, 7) is 5.69. The monoisotopic (exact) mass is 301 g/mol. The number of nitrogens with one attached hydrogen (secondary N) is 1. The van der Waals surface area contributed by atoms with Crippen molar-refractivity contribution in [3.05, 3.63) is 23.8 Å². The molecule has 0 saturated heterocycles. The fourth-order valence-electron chi connectivity index (χ4n) is 1.19. The van der Waals surface area contributed by atoms with Gasteiger partial charge in [0, 0.05) is 22.0 Å². The topological polar surface area (TPSA) is 69.6 Å². The summed E-state index contributed by atoms with van der Waals surface area (Å²) in [5.41, 5.74) is -0.207. The van der Waals surface area contributed by atoms with Crippen molar-refractivity contribution in [1.82, 2.24) is 5.32 Å². The van der Waals surface area contributed by atoms with Gasteiger partial charge in [-0.25, -0.2) is 0 Å². The highest BCUT2D eigenvalue weighted by atomic mass is 79.9. The second-order valence-electron chi connectivity index (χ2n) is 4.53. The molecular weight excluding hydrogens is 286 g/mol. The van der Waals surface area contributed by atoms with Gasteiger partial charge in [0.15, 0.2) is 0 Å². The smallest absolute Gasteiger partial charge is 0.252 e. The van der Waals surface area contributed by atoms with E-state index in [4.69, 9.17) is 0 Å². The summed E-state index contributed by atoms with van der Waals surface area (Å²) in [6.07, 6.45) is 0. The van der Waals surface area contributed by atoms with E-state index in [0.717, 1.165) is 0 Å². The van der Waals surface area contributed by atoms with E-state index in [-0.39, 0.29) is 27.8 Å². The van der Waals surface area contributed by atoms with Gasteiger partial charge in [0.05, 0.1) is 0 Å². The molecule has 0 bridgehead atoms. The molecule has 1 atom stereocenters. The van der Waals surface area contributed by atoms with E-state index in [1.807, 2.05) is 20.8 Å². The minimum absolute atomic E-state index is 0.0878. The standard InChI is InChI=1S/C12H16BrNO3/c1-7(13)12(2,3)14-11(17)8-4-9(15)6-10(16)5-8/h4-7,15-16H,1-3H3,(H,14,17). The summed E-state index contributed by atoms with van der Waals surface area (Å²) in [6, 6.07) is 3.79. The predicted octanol–water partition coefficient (Wildman–Crippen LogP) is 2.39. The number of phenols is 2. The molecule has 0 spiro atoms. The highest BCUT2D eigenvalue weighted by molar-refractivity contribution is 9.09. The first kappa shape index (κ1) is 13.8. The summed E-state index contributed by atoms with van der Waals surface area (Å²) in [4.78, 5) is 12.0. The number of benzene rings is 1. The van der Waals surface area contributed by atoms with Crippen LogP contribution in [-0.2, 0) is 0 Å². The second-order valence-corrected chi connectivity index (χ2v) is 5.90. The van der Waals surface area contributed by atoms with Gasteiger partial charge in [-0.1, -0.05) is 22.9 Å². The lowest BCUT2D eigenvalue weighted by atomic mass is 10.0. The average Bonchev–Trinajstić information content (AvgIpc) is 2.15. The predicted molar refractivity (Wildman–Crippen MR) is 69.7 cm³/mol. The van der Waals surface area contributed by atoms with Gasteiger partial charge < -0.3 is 15.5 Å². The first-order chi connectivity index (χ1) is 7.72. The lowest BCUT2D eigenvalue weighted by molar-refractivity contribution is 0.0913. The van der Waals surface area contributed by atoms with Crippen molar-refractivity contribution in [3.8, 4) is 11.5 Å². The zero-order valence-electron chi connectivity index (χ0n) is 9.99. The first-order valence-corrected chi connectivity index (χ1v) is 6.13. The van der Waals surface area contributed by atoms with Crippen LogP contribution in [0.4, 0.5) is 0 Å². The van der Waals surface area contributed by atoms with Crippen LogP contribution in [0.25, 0.3) is 0 Å². The van der Waals surface area contributed by atoms with Crippen LogP contribution in [0, 0.1) is 0 Å². The third-order valence-electron chi connectivity index (χ3n) is 2.59. The van der Waals surface area contributed by atoms with E-state index in [1.54, 1.807) is 0 Å². The Bertz CT molecular complexity index is 410. The molecule has 1 rings (SSSR count). The highest BCUT2D eigenvalue weighted by Gasteiger charge is 2.26. The number of hydrogen-bond acceptors (Lipinski definition) is 3. The fourth-order valence-corrected chi connectivity index (χ4v) is 1.30. The molecule has 1 aromatic carbocycles. The van der Waals surface area contributed by atoms with Crippen molar-refractivity contribution in [2.45, 2.75) is 31.1 Å². The highest BCUT2D eigenvalue weighted by Crippen LogP contribution is 2.22. The summed E-state index contributed by atoms with van der Waals surface area (Å²) in [5.74, 6) is -0.618. The van der Waals surface area contributed by atoms with Crippen LogP contribution in [0.3, 0.4) is 0 Å². The fraction of sp³-hybridized carbons (Fsp3) is 0.417. The number of alkyl halides is 1. The lowest BCUT2D eigenvalue weighted by Crippen LogP contribution is -2.48. The molecule has 0 aliphatic rings. The molecule has 1 unspecified atom stereocenters. The molecule has 1 aromatic rings. The number of phenolic OH excluding ortho intramolecular Hbond substituents is 2. The van der Waals surface area contributed by atoms with Crippen LogP contribution in [0.15, 0.2) is 18.2 Å². The van der Waals surface area contributed by atoms with E-state index in [2.05, 4.69) is 21.2 Å². The zero-order valence-corrected chi connectivity index (χ0v) is 11.6. The zero-order chi connectivity index (χ0) is 13.2. The van der Waals surface area contributed by atoms with Gasteiger partial charge >= 0.3 is 0 Å². The number of carbonyl (C=O) groups excluding carboxylic acids is 1. The number of hydrogen-bond donors (Lipinski definition) is 3. The minimum atomic E-state index is -0.432. The Morgan fingerprint density at radius 1 is 1.29 bits per heavy atom. The van der Waals surface area contributed by atoms with Gasteiger partial charge in [-0.2, -0.15) is 0 Å². The van der Waals surface area contributed by atoms with Crippen LogP contribution in [-0.4, -0.2) is 26.5 Å². The second kappa shape index (κ2) is 4.96. The number of rotatable bonds is 3. The third-order valence-corrected chi connectivity index (χ3v) is 3.74. The molecule has 1 amide bonds. The molecule has 0 heterocycles. The molecule has 17 heavy (non-hydrogen) atoms. The quantitative estimate of drug-likeness (QED) is 0.751. The number of amides is 1. The Morgan fingerprint density at radius 2 is 1.76 bits per heavy atom. The van der Waals surface area contributed by atoms with Crippen molar-refractivity contribution in [3.63, 3.8) is 0 Å². The van der Waals surface area contributed by atoms with Crippen molar-refractivity contribution in [2.75, 3.05) is 0 Å². The number of halogens is 1. The molecule has 4 nitrogen and oxygen atoms in total. The summed E-state index contributed by atoms with van der Waals surface area (Å²) in [5, 5.41) is 21.4. The Hall–Kier alpha value is -1.23.